The van der Waals surface area contributed by atoms with Crippen molar-refractivity contribution in [3.63, 3.8) is 0 Å². The van der Waals surface area contributed by atoms with Crippen molar-refractivity contribution in [1.29, 1.82) is 0 Å². The number of aromatic nitrogens is 4. The first-order valence-electron chi connectivity index (χ1n) is 7.30. The van der Waals surface area contributed by atoms with Crippen LogP contribution in [0.5, 0.6) is 5.88 Å². The fraction of sp³-hybridized carbons (Fsp3) is 0.467. The fourth-order valence-corrected chi connectivity index (χ4v) is 2.41. The van der Waals surface area contributed by atoms with E-state index in [-0.39, 0.29) is 0 Å². The van der Waals surface area contributed by atoms with Gasteiger partial charge < -0.3 is 9.64 Å². The molecule has 1 aliphatic rings. The molecule has 1 saturated heterocycles. The highest BCUT2D eigenvalue weighted by Crippen LogP contribution is 2.21. The van der Waals surface area contributed by atoms with Crippen molar-refractivity contribution in [3.8, 4) is 5.88 Å². The van der Waals surface area contributed by atoms with E-state index in [9.17, 15) is 0 Å². The molecule has 0 N–H and O–H groups in total. The van der Waals surface area contributed by atoms with Crippen LogP contribution in [-0.2, 0) is 6.42 Å². The first kappa shape index (κ1) is 13.7. The van der Waals surface area contributed by atoms with E-state index < -0.39 is 0 Å². The van der Waals surface area contributed by atoms with Gasteiger partial charge in [-0.1, -0.05) is 6.92 Å². The van der Waals surface area contributed by atoms with Crippen molar-refractivity contribution >= 4 is 5.95 Å². The Bertz CT molecular complexity index is 560. The van der Waals surface area contributed by atoms with Gasteiger partial charge in [-0.2, -0.15) is 0 Å². The summed E-state index contributed by atoms with van der Waals surface area (Å²) in [7, 11) is 0. The van der Waals surface area contributed by atoms with Crippen molar-refractivity contribution < 1.29 is 4.74 Å². The van der Waals surface area contributed by atoms with Crippen molar-refractivity contribution in [1.82, 2.24) is 19.9 Å². The molecule has 2 aromatic rings. The maximum atomic E-state index is 5.67. The van der Waals surface area contributed by atoms with E-state index in [1.54, 1.807) is 18.6 Å². The minimum absolute atomic E-state index is 0.474. The summed E-state index contributed by atoms with van der Waals surface area (Å²) in [6, 6.07) is 0. The van der Waals surface area contributed by atoms with Crippen LogP contribution in [0.3, 0.4) is 0 Å². The molecule has 3 rings (SSSR count). The van der Waals surface area contributed by atoms with Crippen LogP contribution in [0, 0.1) is 5.92 Å². The Labute approximate surface area is 124 Å². The first-order chi connectivity index (χ1) is 10.3. The first-order valence-corrected chi connectivity index (χ1v) is 7.30. The minimum Gasteiger partial charge on any atom is -0.476 e. The third kappa shape index (κ3) is 3.45. The molecule has 0 aliphatic carbocycles. The molecule has 1 aliphatic heterocycles. The highest BCUT2D eigenvalue weighted by Gasteiger charge is 2.24. The van der Waals surface area contributed by atoms with Crippen LogP contribution in [0.4, 0.5) is 5.95 Å². The Morgan fingerprint density at radius 1 is 1.19 bits per heavy atom. The van der Waals surface area contributed by atoms with E-state index in [1.807, 2.05) is 12.4 Å². The molecule has 2 aromatic heterocycles. The van der Waals surface area contributed by atoms with Crippen molar-refractivity contribution in [2.45, 2.75) is 19.8 Å². The topological polar surface area (TPSA) is 64.0 Å². The predicted molar refractivity (Wildman–Crippen MR) is 79.3 cm³/mol. The summed E-state index contributed by atoms with van der Waals surface area (Å²) in [6.45, 7) is 4.65. The summed E-state index contributed by atoms with van der Waals surface area (Å²) in [5.74, 6) is 1.87. The number of anilines is 1. The number of hydrogen-bond donors (Lipinski definition) is 0. The van der Waals surface area contributed by atoms with E-state index >= 15 is 0 Å². The number of hydrogen-bond acceptors (Lipinski definition) is 6. The largest absolute Gasteiger partial charge is 0.476 e. The van der Waals surface area contributed by atoms with Gasteiger partial charge >= 0.3 is 0 Å². The summed E-state index contributed by atoms with van der Waals surface area (Å²) < 4.78 is 5.67. The lowest BCUT2D eigenvalue weighted by Crippen LogP contribution is -2.23. The highest BCUT2D eigenvalue weighted by atomic mass is 16.5. The van der Waals surface area contributed by atoms with E-state index in [0.717, 1.165) is 31.9 Å². The molecule has 0 spiro atoms. The highest BCUT2D eigenvalue weighted by molar-refractivity contribution is 5.31. The molecule has 0 saturated carbocycles. The quantitative estimate of drug-likeness (QED) is 0.833. The summed E-state index contributed by atoms with van der Waals surface area (Å²) in [5.41, 5.74) is 1.17. The number of aryl methyl sites for hydroxylation is 1. The standard InChI is InChI=1S/C15H19N5O/c1-2-12-7-18-15(19-8-12)20-6-3-13(10-20)11-21-14-9-16-4-5-17-14/h4-5,7-9,13H,2-3,6,10-11H2,1H3. The zero-order valence-electron chi connectivity index (χ0n) is 12.1. The molecular formula is C15H19N5O. The summed E-state index contributed by atoms with van der Waals surface area (Å²) >= 11 is 0. The SMILES string of the molecule is CCc1cnc(N2CCC(COc3cnccn3)C2)nc1. The van der Waals surface area contributed by atoms with Gasteiger partial charge in [0.05, 0.1) is 12.8 Å². The molecule has 3 heterocycles. The molecule has 1 fully saturated rings. The van der Waals surface area contributed by atoms with Crippen LogP contribution in [-0.4, -0.2) is 39.6 Å². The van der Waals surface area contributed by atoms with Crippen molar-refractivity contribution in [2.24, 2.45) is 5.92 Å². The van der Waals surface area contributed by atoms with Crippen LogP contribution in [0.2, 0.25) is 0 Å². The van der Waals surface area contributed by atoms with Gasteiger partial charge in [0.1, 0.15) is 0 Å². The maximum absolute atomic E-state index is 5.67. The third-order valence-corrected chi connectivity index (χ3v) is 3.68. The van der Waals surface area contributed by atoms with Crippen LogP contribution in [0.25, 0.3) is 0 Å². The van der Waals surface area contributed by atoms with E-state index in [4.69, 9.17) is 4.74 Å². The summed E-state index contributed by atoms with van der Waals surface area (Å²) in [5, 5.41) is 0. The van der Waals surface area contributed by atoms with Crippen LogP contribution < -0.4 is 9.64 Å². The van der Waals surface area contributed by atoms with Crippen molar-refractivity contribution in [2.75, 3.05) is 24.6 Å². The average Bonchev–Trinajstić information content (AvgIpc) is 3.03. The van der Waals surface area contributed by atoms with Gasteiger partial charge in [0.2, 0.25) is 11.8 Å². The molecule has 6 nitrogen and oxygen atoms in total. The van der Waals surface area contributed by atoms with Gasteiger partial charge in [-0.25, -0.2) is 15.0 Å². The molecule has 0 bridgehead atoms. The maximum Gasteiger partial charge on any atom is 0.232 e. The zero-order chi connectivity index (χ0) is 14.5. The number of ether oxygens (including phenoxy) is 1. The molecule has 6 heteroatoms. The smallest absolute Gasteiger partial charge is 0.232 e. The molecule has 110 valence electrons. The summed E-state index contributed by atoms with van der Waals surface area (Å²) in [4.78, 5) is 19.2. The van der Waals surface area contributed by atoms with Gasteiger partial charge in [-0.05, 0) is 18.4 Å². The van der Waals surface area contributed by atoms with Crippen LogP contribution in [0.15, 0.2) is 31.0 Å². The Morgan fingerprint density at radius 3 is 2.76 bits per heavy atom. The Kier molecular flexibility index (Phi) is 4.23. The lowest BCUT2D eigenvalue weighted by molar-refractivity contribution is 0.251. The van der Waals surface area contributed by atoms with Gasteiger partial charge in [0, 0.05) is 43.8 Å². The number of nitrogens with zero attached hydrogens (tertiary/aromatic N) is 5. The second kappa shape index (κ2) is 6.47. The molecule has 21 heavy (non-hydrogen) atoms. The minimum atomic E-state index is 0.474. The van der Waals surface area contributed by atoms with Crippen LogP contribution in [0.1, 0.15) is 18.9 Å². The van der Waals surface area contributed by atoms with Gasteiger partial charge in [0.25, 0.3) is 0 Å². The van der Waals surface area contributed by atoms with Gasteiger partial charge in [-0.15, -0.1) is 0 Å². The second-order valence-corrected chi connectivity index (χ2v) is 5.20. The normalized spacial score (nSPS) is 18.0. The third-order valence-electron chi connectivity index (χ3n) is 3.68. The second-order valence-electron chi connectivity index (χ2n) is 5.20. The average molecular weight is 285 g/mol. The molecule has 0 aromatic carbocycles. The predicted octanol–water partition coefficient (Wildman–Crippen LogP) is 1.73. The van der Waals surface area contributed by atoms with E-state index in [0.29, 0.717) is 18.4 Å². The lowest BCUT2D eigenvalue weighted by atomic mass is 10.1. The molecule has 1 unspecified atom stereocenters. The van der Waals surface area contributed by atoms with Gasteiger partial charge in [0.15, 0.2) is 0 Å². The summed E-state index contributed by atoms with van der Waals surface area (Å²) in [6.07, 6.45) is 10.8. The Balaban J connectivity index is 1.52. The van der Waals surface area contributed by atoms with Gasteiger partial charge in [-0.3, -0.25) is 4.98 Å². The molecule has 0 amide bonds. The molecular weight excluding hydrogens is 266 g/mol. The number of rotatable bonds is 5. The Hall–Kier alpha value is -2.24. The van der Waals surface area contributed by atoms with E-state index in [1.165, 1.54) is 5.56 Å². The van der Waals surface area contributed by atoms with Crippen LogP contribution >= 0.6 is 0 Å². The molecule has 1 atom stereocenters. The molecule has 0 radical (unpaired) electrons. The monoisotopic (exact) mass is 285 g/mol. The Morgan fingerprint density at radius 2 is 2.05 bits per heavy atom. The zero-order valence-corrected chi connectivity index (χ0v) is 12.1. The van der Waals surface area contributed by atoms with Crippen molar-refractivity contribution in [3.05, 3.63) is 36.5 Å². The fourth-order valence-electron chi connectivity index (χ4n) is 2.41. The van der Waals surface area contributed by atoms with E-state index in [2.05, 4.69) is 31.8 Å². The lowest BCUT2D eigenvalue weighted by Gasteiger charge is -2.16.